The Kier molecular flexibility index (Phi) is 8.39. The lowest BCUT2D eigenvalue weighted by Crippen LogP contribution is -2.34. The zero-order valence-corrected chi connectivity index (χ0v) is 21.1. The average Bonchev–Trinajstić information content (AvgIpc) is 2.79. The Morgan fingerprint density at radius 1 is 0.914 bits per heavy atom. The molecule has 8 nitrogen and oxygen atoms in total. The lowest BCUT2D eigenvalue weighted by molar-refractivity contribution is 0.0596. The number of esters is 1. The van der Waals surface area contributed by atoms with Gasteiger partial charge in [-0.2, -0.15) is 0 Å². The topological polar surface area (TPSA) is 119 Å². The zero-order chi connectivity index (χ0) is 25.8. The van der Waals surface area contributed by atoms with Gasteiger partial charge in [0.25, 0.3) is 5.91 Å². The predicted octanol–water partition coefficient (Wildman–Crippen LogP) is 5.37. The van der Waals surface area contributed by atoms with E-state index < -0.39 is 33.5 Å². The van der Waals surface area contributed by atoms with Crippen LogP contribution in [0.25, 0.3) is 0 Å². The van der Waals surface area contributed by atoms with Gasteiger partial charge >= 0.3 is 12.0 Å². The minimum absolute atomic E-state index is 0.0337. The van der Waals surface area contributed by atoms with Gasteiger partial charge in [-0.15, -0.1) is 0 Å². The molecule has 3 amide bonds. The van der Waals surface area contributed by atoms with Crippen LogP contribution in [0.5, 0.6) is 0 Å². The Morgan fingerprint density at radius 2 is 1.54 bits per heavy atom. The van der Waals surface area contributed by atoms with Crippen molar-refractivity contribution in [2.75, 3.05) is 12.4 Å². The molecular weight excluding hydrogens is 539 g/mol. The van der Waals surface area contributed by atoms with Crippen molar-refractivity contribution >= 4 is 68.2 Å². The van der Waals surface area contributed by atoms with Crippen LogP contribution >= 0.6 is 34.8 Å². The smallest absolute Gasteiger partial charge is 0.339 e. The molecular formula is C23H17Cl3N2O6S. The summed E-state index contributed by atoms with van der Waals surface area (Å²) in [5, 5.41) is 4.97. The largest absolute Gasteiger partial charge is 0.465 e. The Bertz CT molecular complexity index is 1390. The summed E-state index contributed by atoms with van der Waals surface area (Å²) >= 11 is 17.8. The third-order valence-electron chi connectivity index (χ3n) is 4.66. The number of hydrogen-bond acceptors (Lipinski definition) is 6. The minimum atomic E-state index is -3.98. The van der Waals surface area contributed by atoms with Crippen molar-refractivity contribution in [3.8, 4) is 0 Å². The van der Waals surface area contributed by atoms with Crippen LogP contribution in [0.1, 0.15) is 26.3 Å². The number of benzene rings is 3. The fourth-order valence-electron chi connectivity index (χ4n) is 3.07. The van der Waals surface area contributed by atoms with Gasteiger partial charge in [-0.05, 0) is 48.0 Å². The number of imide groups is 1. The number of urea groups is 1. The number of amides is 3. The summed E-state index contributed by atoms with van der Waals surface area (Å²) in [6.07, 6.45) is 0. The van der Waals surface area contributed by atoms with Crippen LogP contribution in [-0.4, -0.2) is 33.4 Å². The van der Waals surface area contributed by atoms with E-state index in [9.17, 15) is 22.8 Å². The normalized spacial score (nSPS) is 11.0. The molecule has 0 atom stereocenters. The number of sulfone groups is 1. The maximum Gasteiger partial charge on any atom is 0.339 e. The van der Waals surface area contributed by atoms with E-state index in [0.717, 1.165) is 13.2 Å². The first-order valence-electron chi connectivity index (χ1n) is 9.77. The van der Waals surface area contributed by atoms with Crippen molar-refractivity contribution in [3.05, 3.63) is 92.4 Å². The highest BCUT2D eigenvalue weighted by Gasteiger charge is 2.25. The van der Waals surface area contributed by atoms with Crippen LogP contribution in [0, 0.1) is 0 Å². The lowest BCUT2D eigenvalue weighted by Gasteiger charge is -2.13. The molecule has 0 aliphatic heterocycles. The highest BCUT2D eigenvalue weighted by Crippen LogP contribution is 2.26. The quantitative estimate of drug-likeness (QED) is 0.395. The number of methoxy groups -OCH3 is 1. The Morgan fingerprint density at radius 3 is 2.14 bits per heavy atom. The second kappa shape index (κ2) is 11.1. The molecule has 0 bridgehead atoms. The number of carbonyl (C=O) groups is 3. The summed E-state index contributed by atoms with van der Waals surface area (Å²) in [6, 6.07) is 13.2. The van der Waals surface area contributed by atoms with Crippen LogP contribution in [0.15, 0.2) is 65.6 Å². The van der Waals surface area contributed by atoms with Gasteiger partial charge in [0.2, 0.25) is 0 Å². The summed E-state index contributed by atoms with van der Waals surface area (Å²) in [5.74, 6) is -2.18. The van der Waals surface area contributed by atoms with Crippen molar-refractivity contribution < 1.29 is 27.5 Å². The Hall–Kier alpha value is -3.11. The second-order valence-corrected chi connectivity index (χ2v) is 10.3. The van der Waals surface area contributed by atoms with Gasteiger partial charge in [-0.3, -0.25) is 10.1 Å². The van der Waals surface area contributed by atoms with Crippen LogP contribution < -0.4 is 10.6 Å². The van der Waals surface area contributed by atoms with Gasteiger partial charge in [0.05, 0.1) is 38.9 Å². The number of rotatable bonds is 6. The van der Waals surface area contributed by atoms with E-state index in [1.807, 2.05) is 0 Å². The van der Waals surface area contributed by atoms with E-state index in [2.05, 4.69) is 10.6 Å². The SMILES string of the molecule is COC(=O)c1cc(NC(=O)NC(=O)c2c(Cl)cccc2Cl)ccc1S(=O)(=O)Cc1ccc(Cl)cc1. The highest BCUT2D eigenvalue weighted by molar-refractivity contribution is 7.90. The molecule has 0 aliphatic rings. The fraction of sp³-hybridized carbons (Fsp3) is 0.0870. The molecule has 0 radical (unpaired) electrons. The van der Waals surface area contributed by atoms with E-state index >= 15 is 0 Å². The lowest BCUT2D eigenvalue weighted by atomic mass is 10.2. The second-order valence-electron chi connectivity index (χ2n) is 7.09. The summed E-state index contributed by atoms with van der Waals surface area (Å²) in [5.41, 5.74) is 0.111. The molecule has 182 valence electrons. The zero-order valence-electron chi connectivity index (χ0n) is 18.0. The molecule has 3 rings (SSSR count). The van der Waals surface area contributed by atoms with Gasteiger partial charge in [-0.25, -0.2) is 18.0 Å². The number of halogens is 3. The van der Waals surface area contributed by atoms with Crippen molar-refractivity contribution in [2.45, 2.75) is 10.6 Å². The first-order valence-corrected chi connectivity index (χ1v) is 12.6. The molecule has 35 heavy (non-hydrogen) atoms. The van der Waals surface area contributed by atoms with E-state index in [1.54, 1.807) is 30.3 Å². The van der Waals surface area contributed by atoms with Gasteiger partial charge in [0.1, 0.15) is 0 Å². The maximum absolute atomic E-state index is 13.0. The molecule has 0 unspecified atom stereocenters. The van der Waals surface area contributed by atoms with E-state index in [-0.39, 0.29) is 31.8 Å². The monoisotopic (exact) mass is 554 g/mol. The van der Waals surface area contributed by atoms with Gasteiger partial charge < -0.3 is 10.1 Å². The molecule has 0 aromatic heterocycles. The number of anilines is 1. The van der Waals surface area contributed by atoms with Crippen molar-refractivity contribution in [1.82, 2.24) is 5.32 Å². The molecule has 12 heteroatoms. The Balaban J connectivity index is 1.84. The van der Waals surface area contributed by atoms with Crippen molar-refractivity contribution in [1.29, 1.82) is 0 Å². The molecule has 3 aromatic rings. The molecule has 0 saturated carbocycles. The maximum atomic E-state index is 13.0. The van der Waals surface area contributed by atoms with E-state index in [4.69, 9.17) is 39.5 Å². The summed E-state index contributed by atoms with van der Waals surface area (Å²) in [6.45, 7) is 0. The molecule has 2 N–H and O–H groups in total. The summed E-state index contributed by atoms with van der Waals surface area (Å²) in [4.78, 5) is 36.8. The molecule has 3 aromatic carbocycles. The number of hydrogen-bond donors (Lipinski definition) is 2. The summed E-state index contributed by atoms with van der Waals surface area (Å²) in [7, 11) is -2.88. The molecule has 0 heterocycles. The van der Waals surface area contributed by atoms with Crippen LogP contribution in [0.2, 0.25) is 15.1 Å². The summed E-state index contributed by atoms with van der Waals surface area (Å²) < 4.78 is 30.7. The first kappa shape index (κ1) is 26.5. The number of ether oxygens (including phenoxy) is 1. The van der Waals surface area contributed by atoms with Crippen molar-refractivity contribution in [2.24, 2.45) is 0 Å². The molecule has 0 saturated heterocycles. The van der Waals surface area contributed by atoms with E-state index in [1.165, 1.54) is 24.3 Å². The minimum Gasteiger partial charge on any atom is -0.465 e. The van der Waals surface area contributed by atoms with Gasteiger partial charge in [0, 0.05) is 10.7 Å². The predicted molar refractivity (Wildman–Crippen MR) is 133 cm³/mol. The van der Waals surface area contributed by atoms with E-state index in [0.29, 0.717) is 10.6 Å². The van der Waals surface area contributed by atoms with Gasteiger partial charge in [0.15, 0.2) is 9.84 Å². The highest BCUT2D eigenvalue weighted by atomic mass is 35.5. The van der Waals surface area contributed by atoms with Crippen molar-refractivity contribution in [3.63, 3.8) is 0 Å². The van der Waals surface area contributed by atoms with Crippen LogP contribution in [-0.2, 0) is 20.3 Å². The number of carbonyl (C=O) groups excluding carboxylic acids is 3. The molecule has 0 spiro atoms. The third-order valence-corrected chi connectivity index (χ3v) is 7.29. The molecule has 0 aliphatic carbocycles. The average molecular weight is 556 g/mol. The first-order chi connectivity index (χ1) is 16.5. The standard InChI is InChI=1S/C23H17Cl3N2O6S/c1-34-22(30)16-11-15(27-23(31)28-21(29)20-17(25)3-2-4-18(20)26)9-10-19(16)35(32,33)12-13-5-7-14(24)8-6-13/h2-11H,12H2,1H3,(H2,27,28,29,31). The fourth-order valence-corrected chi connectivity index (χ4v) is 5.30. The van der Waals surface area contributed by atoms with Crippen LogP contribution in [0.3, 0.4) is 0 Å². The third kappa shape index (κ3) is 6.52. The van der Waals surface area contributed by atoms with Crippen LogP contribution in [0.4, 0.5) is 10.5 Å². The van der Waals surface area contributed by atoms with Gasteiger partial charge in [-0.1, -0.05) is 53.0 Å². The number of nitrogens with one attached hydrogen (secondary N) is 2. The Labute approximate surface area is 216 Å². The molecule has 0 fully saturated rings.